The first-order valence-corrected chi connectivity index (χ1v) is 10.3. The topological polar surface area (TPSA) is 77.5 Å². The number of epoxide rings is 1. The van der Waals surface area contributed by atoms with E-state index in [1.807, 2.05) is 6.08 Å². The Labute approximate surface area is 160 Å². The second-order valence-corrected chi connectivity index (χ2v) is 9.68. The molecule has 0 aromatic heterocycles. The smallest absolute Gasteiger partial charge is 0.336 e. The van der Waals surface area contributed by atoms with E-state index < -0.39 is 6.10 Å². The summed E-state index contributed by atoms with van der Waals surface area (Å²) in [5, 5.41) is 10.0. The van der Waals surface area contributed by atoms with Crippen LogP contribution >= 0.6 is 0 Å². The predicted molar refractivity (Wildman–Crippen MR) is 95.7 cm³/mol. The second kappa shape index (κ2) is 6.02. The minimum absolute atomic E-state index is 0.0267. The zero-order chi connectivity index (χ0) is 18.9. The first-order chi connectivity index (χ1) is 12.9. The lowest BCUT2D eigenvalue weighted by molar-refractivity contribution is -0.267. The maximum absolute atomic E-state index is 11.9. The van der Waals surface area contributed by atoms with E-state index in [9.17, 15) is 9.90 Å². The van der Waals surface area contributed by atoms with E-state index in [-0.39, 0.29) is 35.1 Å². The van der Waals surface area contributed by atoms with Crippen molar-refractivity contribution in [1.82, 2.24) is 0 Å². The molecule has 6 nitrogen and oxygen atoms in total. The van der Waals surface area contributed by atoms with Gasteiger partial charge in [0.05, 0.1) is 30.5 Å². The summed E-state index contributed by atoms with van der Waals surface area (Å²) in [4.78, 5) is 11.9. The van der Waals surface area contributed by atoms with E-state index >= 15 is 0 Å². The molecule has 3 saturated heterocycles. The van der Waals surface area contributed by atoms with Gasteiger partial charge in [-0.2, -0.15) is 0 Å². The molecular formula is C21H30O6. The Morgan fingerprint density at radius 2 is 2.00 bits per heavy atom. The Morgan fingerprint density at radius 3 is 2.70 bits per heavy atom. The molecule has 0 bridgehead atoms. The molecule has 0 radical (unpaired) electrons. The highest BCUT2D eigenvalue weighted by Crippen LogP contribution is 2.67. The van der Waals surface area contributed by atoms with E-state index in [2.05, 4.69) is 13.8 Å². The van der Waals surface area contributed by atoms with Crippen molar-refractivity contribution in [2.75, 3.05) is 26.6 Å². The first kappa shape index (κ1) is 18.1. The van der Waals surface area contributed by atoms with Gasteiger partial charge in [-0.1, -0.05) is 19.9 Å². The Balaban J connectivity index is 1.46. The number of aliphatic hydroxyl groups is 1. The number of hydrogen-bond acceptors (Lipinski definition) is 6. The molecule has 0 aromatic rings. The van der Waals surface area contributed by atoms with Crippen LogP contribution in [0.5, 0.6) is 0 Å². The van der Waals surface area contributed by atoms with Crippen molar-refractivity contribution >= 4 is 5.97 Å². The van der Waals surface area contributed by atoms with Crippen molar-refractivity contribution in [3.8, 4) is 0 Å². The van der Waals surface area contributed by atoms with Gasteiger partial charge in [-0.05, 0) is 49.4 Å². The number of ether oxygens (including phenoxy) is 4. The SMILES string of the molecule is C[C@@]12COCO[C@@H]1CC[C@]1(C)[C@@H]2CC[C@@]2(CO2)[C@H]1C/C=C1/C(=O)OC[C@H]1O. The predicted octanol–water partition coefficient (Wildman–Crippen LogP) is 2.20. The molecule has 0 amide bonds. The number of aliphatic hydroxyl groups excluding tert-OH is 1. The van der Waals surface area contributed by atoms with Gasteiger partial charge in [-0.25, -0.2) is 4.79 Å². The average molecular weight is 378 g/mol. The first-order valence-electron chi connectivity index (χ1n) is 10.3. The van der Waals surface area contributed by atoms with E-state index in [1.54, 1.807) is 0 Å². The zero-order valence-corrected chi connectivity index (χ0v) is 16.2. The molecule has 5 aliphatic rings. The monoisotopic (exact) mass is 378 g/mol. The number of carbonyl (C=O) groups excluding carboxylic acids is 1. The maximum atomic E-state index is 11.9. The molecule has 1 N–H and O–H groups in total. The number of carbonyl (C=O) groups is 1. The fraction of sp³-hybridized carbons (Fsp3) is 0.857. The van der Waals surface area contributed by atoms with Gasteiger partial charge in [0.2, 0.25) is 0 Å². The van der Waals surface area contributed by atoms with Crippen LogP contribution in [-0.4, -0.2) is 55.5 Å². The van der Waals surface area contributed by atoms with Gasteiger partial charge in [0.15, 0.2) is 0 Å². The Bertz CT molecular complexity index is 670. The summed E-state index contributed by atoms with van der Waals surface area (Å²) in [7, 11) is 0. The minimum Gasteiger partial charge on any atom is -0.459 e. The quantitative estimate of drug-likeness (QED) is 0.451. The Hall–Kier alpha value is -0.950. The third-order valence-corrected chi connectivity index (χ3v) is 8.38. The van der Waals surface area contributed by atoms with Gasteiger partial charge in [-0.3, -0.25) is 0 Å². The number of cyclic esters (lactones) is 1. The summed E-state index contributed by atoms with van der Waals surface area (Å²) in [6, 6.07) is 0. The standard InChI is InChI=1S/C21H30O6/c1-19-7-6-17-20(2,10-24-12-26-17)15(19)5-8-21(11-27-21)16(19)4-3-13-14(22)9-25-18(13)23/h3,14-17,22H,4-12H2,1-2H3/b13-3+/t14-,15+,16+,17-,19-,20+,21-/m1/s1. The maximum Gasteiger partial charge on any atom is 0.336 e. The zero-order valence-electron chi connectivity index (χ0n) is 16.2. The van der Waals surface area contributed by atoms with Crippen LogP contribution in [0.2, 0.25) is 0 Å². The van der Waals surface area contributed by atoms with E-state index in [0.29, 0.717) is 24.2 Å². The minimum atomic E-state index is -0.797. The largest absolute Gasteiger partial charge is 0.459 e. The molecule has 3 aliphatic heterocycles. The molecule has 7 atom stereocenters. The number of allylic oxidation sites excluding steroid dienone is 1. The van der Waals surface area contributed by atoms with E-state index in [1.165, 1.54) is 0 Å². The van der Waals surface area contributed by atoms with E-state index in [0.717, 1.165) is 45.3 Å². The number of esters is 1. The highest BCUT2D eigenvalue weighted by Gasteiger charge is 2.67. The van der Waals surface area contributed by atoms with E-state index in [4.69, 9.17) is 18.9 Å². The fourth-order valence-electron chi connectivity index (χ4n) is 6.87. The van der Waals surface area contributed by atoms with Gasteiger partial charge < -0.3 is 24.1 Å². The molecule has 5 fully saturated rings. The Kier molecular flexibility index (Phi) is 4.04. The number of hydrogen-bond donors (Lipinski definition) is 1. The average Bonchev–Trinajstić information content (AvgIpc) is 3.34. The van der Waals surface area contributed by atoms with Gasteiger partial charge in [-0.15, -0.1) is 0 Å². The van der Waals surface area contributed by atoms with Gasteiger partial charge in [0.25, 0.3) is 0 Å². The number of fused-ring (bicyclic) bond motifs is 3. The van der Waals surface area contributed by atoms with Gasteiger partial charge >= 0.3 is 5.97 Å². The van der Waals surface area contributed by atoms with Crippen molar-refractivity contribution < 1.29 is 28.8 Å². The van der Waals surface area contributed by atoms with Crippen LogP contribution in [0.15, 0.2) is 11.6 Å². The lowest BCUT2D eigenvalue weighted by atomic mass is 9.44. The normalized spacial score (nSPS) is 53.1. The summed E-state index contributed by atoms with van der Waals surface area (Å²) < 4.78 is 22.8. The van der Waals surface area contributed by atoms with Gasteiger partial charge in [0.1, 0.15) is 19.5 Å². The number of rotatable bonds is 2. The summed E-state index contributed by atoms with van der Waals surface area (Å²) in [6.45, 7) is 6.78. The molecule has 27 heavy (non-hydrogen) atoms. The molecule has 3 heterocycles. The third kappa shape index (κ3) is 2.56. The lowest BCUT2D eigenvalue weighted by Gasteiger charge is -2.62. The molecule has 2 saturated carbocycles. The molecule has 5 rings (SSSR count). The summed E-state index contributed by atoms with van der Waals surface area (Å²) in [5.41, 5.74) is 0.490. The molecule has 1 spiro atoms. The van der Waals surface area contributed by atoms with Gasteiger partial charge in [0, 0.05) is 5.41 Å². The summed E-state index contributed by atoms with van der Waals surface area (Å²) in [6.07, 6.45) is 6.47. The van der Waals surface area contributed by atoms with Crippen LogP contribution in [0.3, 0.4) is 0 Å². The van der Waals surface area contributed by atoms with Crippen molar-refractivity contribution in [3.63, 3.8) is 0 Å². The third-order valence-electron chi connectivity index (χ3n) is 8.38. The van der Waals surface area contributed by atoms with Crippen LogP contribution < -0.4 is 0 Å². The van der Waals surface area contributed by atoms with Crippen LogP contribution in [0, 0.1) is 22.7 Å². The molecule has 2 aliphatic carbocycles. The lowest BCUT2D eigenvalue weighted by Crippen LogP contribution is -2.62. The molecule has 0 aromatic carbocycles. The van der Waals surface area contributed by atoms with Crippen LogP contribution in [0.1, 0.15) is 46.0 Å². The molecular weight excluding hydrogens is 348 g/mol. The molecule has 0 unspecified atom stereocenters. The highest BCUT2D eigenvalue weighted by molar-refractivity contribution is 5.91. The molecule has 150 valence electrons. The molecule has 6 heteroatoms. The van der Waals surface area contributed by atoms with Crippen LogP contribution in [0.25, 0.3) is 0 Å². The van der Waals surface area contributed by atoms with Crippen molar-refractivity contribution in [1.29, 1.82) is 0 Å². The summed E-state index contributed by atoms with van der Waals surface area (Å²) in [5.74, 6) is 0.454. The summed E-state index contributed by atoms with van der Waals surface area (Å²) >= 11 is 0. The Morgan fingerprint density at radius 1 is 1.19 bits per heavy atom. The van der Waals surface area contributed by atoms with Crippen molar-refractivity contribution in [2.24, 2.45) is 22.7 Å². The highest BCUT2D eigenvalue weighted by atomic mass is 16.7. The van der Waals surface area contributed by atoms with Crippen LogP contribution in [0.4, 0.5) is 0 Å². The van der Waals surface area contributed by atoms with Crippen molar-refractivity contribution in [3.05, 3.63) is 11.6 Å². The second-order valence-electron chi connectivity index (χ2n) is 9.68. The fourth-order valence-corrected chi connectivity index (χ4v) is 6.87. The van der Waals surface area contributed by atoms with Crippen molar-refractivity contribution in [2.45, 2.75) is 63.8 Å². The van der Waals surface area contributed by atoms with Crippen LogP contribution in [-0.2, 0) is 23.7 Å².